The molecule has 1 N–H and O–H groups in total. The van der Waals surface area contributed by atoms with Crippen molar-refractivity contribution in [2.24, 2.45) is 0 Å². The third kappa shape index (κ3) is 3.52. The summed E-state index contributed by atoms with van der Waals surface area (Å²) in [6, 6.07) is 8.97. The molecule has 0 saturated carbocycles. The fourth-order valence-corrected chi connectivity index (χ4v) is 2.64. The van der Waals surface area contributed by atoms with Gasteiger partial charge in [-0.25, -0.2) is 4.39 Å². The molecule has 0 unspecified atom stereocenters. The van der Waals surface area contributed by atoms with Crippen molar-refractivity contribution in [2.45, 2.75) is 22.6 Å². The highest BCUT2D eigenvalue weighted by Gasteiger charge is 2.33. The Morgan fingerprint density at radius 3 is 2.40 bits per heavy atom. The Hall–Kier alpha value is -1.53. The Morgan fingerprint density at radius 2 is 1.80 bits per heavy atom. The molecule has 2 rings (SSSR count). The summed E-state index contributed by atoms with van der Waals surface area (Å²) in [6.45, 7) is -0.464. The van der Waals surface area contributed by atoms with Crippen molar-refractivity contribution < 1.29 is 22.7 Å². The molecule has 6 heteroatoms. The molecular weight excluding hydrogens is 292 g/mol. The molecule has 0 saturated heterocycles. The van der Waals surface area contributed by atoms with Gasteiger partial charge in [0.15, 0.2) is 0 Å². The van der Waals surface area contributed by atoms with E-state index in [9.17, 15) is 17.6 Å². The van der Waals surface area contributed by atoms with Crippen LogP contribution in [-0.2, 0) is 12.8 Å². The van der Waals surface area contributed by atoms with E-state index >= 15 is 0 Å². The van der Waals surface area contributed by atoms with E-state index in [-0.39, 0.29) is 10.5 Å². The molecule has 0 aliphatic heterocycles. The van der Waals surface area contributed by atoms with Gasteiger partial charge in [-0.3, -0.25) is 0 Å². The predicted octanol–water partition coefficient (Wildman–Crippen LogP) is 4.49. The Labute approximate surface area is 117 Å². The second kappa shape index (κ2) is 5.85. The number of hydrogen-bond acceptors (Lipinski definition) is 2. The fraction of sp³-hybridized carbons (Fsp3) is 0.143. The highest BCUT2D eigenvalue weighted by Crippen LogP contribution is 2.40. The highest BCUT2D eigenvalue weighted by atomic mass is 32.2. The number of aliphatic hydroxyl groups excluding tert-OH is 1. The molecule has 2 aromatic rings. The maximum absolute atomic E-state index is 13.1. The third-order valence-corrected chi connectivity index (χ3v) is 3.62. The van der Waals surface area contributed by atoms with Crippen molar-refractivity contribution in [1.82, 2.24) is 0 Å². The molecule has 20 heavy (non-hydrogen) atoms. The standard InChI is InChI=1S/C14H10F4OS/c15-10-2-1-3-11(7-10)20-13-5-4-9(8-19)6-12(13)14(16,17)18/h1-7,19H,8H2. The van der Waals surface area contributed by atoms with Crippen molar-refractivity contribution in [2.75, 3.05) is 0 Å². The fourth-order valence-electron chi connectivity index (χ4n) is 1.64. The van der Waals surface area contributed by atoms with E-state index in [1.807, 2.05) is 0 Å². The van der Waals surface area contributed by atoms with Crippen LogP contribution in [0.25, 0.3) is 0 Å². The van der Waals surface area contributed by atoms with Crippen molar-refractivity contribution in [3.63, 3.8) is 0 Å². The molecule has 0 aromatic heterocycles. The van der Waals surface area contributed by atoms with Crippen molar-refractivity contribution in [1.29, 1.82) is 0 Å². The second-order valence-electron chi connectivity index (χ2n) is 4.05. The highest BCUT2D eigenvalue weighted by molar-refractivity contribution is 7.99. The minimum absolute atomic E-state index is 0.0275. The van der Waals surface area contributed by atoms with E-state index in [1.54, 1.807) is 0 Å². The van der Waals surface area contributed by atoms with Crippen LogP contribution in [-0.4, -0.2) is 5.11 Å². The van der Waals surface area contributed by atoms with Gasteiger partial charge < -0.3 is 5.11 Å². The normalized spacial score (nSPS) is 11.7. The lowest BCUT2D eigenvalue weighted by Gasteiger charge is -2.13. The molecule has 0 amide bonds. The zero-order chi connectivity index (χ0) is 14.8. The van der Waals surface area contributed by atoms with Gasteiger partial charge in [0, 0.05) is 9.79 Å². The van der Waals surface area contributed by atoms with Crippen LogP contribution in [0, 0.1) is 5.82 Å². The van der Waals surface area contributed by atoms with Crippen LogP contribution in [0.3, 0.4) is 0 Å². The Bertz CT molecular complexity index is 610. The maximum Gasteiger partial charge on any atom is 0.417 e. The average Bonchev–Trinajstić information content (AvgIpc) is 2.38. The van der Waals surface area contributed by atoms with Gasteiger partial charge in [-0.05, 0) is 35.9 Å². The zero-order valence-electron chi connectivity index (χ0n) is 10.1. The number of hydrogen-bond donors (Lipinski definition) is 1. The first-order valence-electron chi connectivity index (χ1n) is 5.64. The molecule has 0 radical (unpaired) electrons. The van der Waals surface area contributed by atoms with Crippen molar-refractivity contribution in [3.05, 3.63) is 59.4 Å². The summed E-state index contributed by atoms with van der Waals surface area (Å²) < 4.78 is 52.0. The molecule has 0 aliphatic rings. The summed E-state index contributed by atoms with van der Waals surface area (Å²) >= 11 is 0.833. The molecule has 0 atom stereocenters. The second-order valence-corrected chi connectivity index (χ2v) is 5.16. The van der Waals surface area contributed by atoms with Gasteiger partial charge in [0.25, 0.3) is 0 Å². The van der Waals surface area contributed by atoms with Crippen LogP contribution in [0.5, 0.6) is 0 Å². The summed E-state index contributed by atoms with van der Waals surface area (Å²) in [6.07, 6.45) is -4.53. The third-order valence-electron chi connectivity index (χ3n) is 2.56. The monoisotopic (exact) mass is 302 g/mol. The van der Waals surface area contributed by atoms with Crippen molar-refractivity contribution in [3.8, 4) is 0 Å². The summed E-state index contributed by atoms with van der Waals surface area (Å²) in [5.74, 6) is -0.504. The quantitative estimate of drug-likeness (QED) is 0.843. The lowest BCUT2D eigenvalue weighted by atomic mass is 10.1. The lowest BCUT2D eigenvalue weighted by Crippen LogP contribution is -2.07. The number of alkyl halides is 3. The van der Waals surface area contributed by atoms with Gasteiger partial charge in [0.1, 0.15) is 5.82 Å². The number of aliphatic hydroxyl groups is 1. The van der Waals surface area contributed by atoms with E-state index < -0.39 is 24.2 Å². The molecule has 0 aliphatic carbocycles. The van der Waals surface area contributed by atoms with Crippen LogP contribution < -0.4 is 0 Å². The Balaban J connectivity index is 2.41. The van der Waals surface area contributed by atoms with Gasteiger partial charge in [0.2, 0.25) is 0 Å². The van der Waals surface area contributed by atoms with E-state index in [0.29, 0.717) is 4.90 Å². The molecule has 106 valence electrons. The molecule has 0 fully saturated rings. The molecule has 0 bridgehead atoms. The summed E-state index contributed by atoms with van der Waals surface area (Å²) in [5.41, 5.74) is -0.653. The zero-order valence-corrected chi connectivity index (χ0v) is 10.9. The van der Waals surface area contributed by atoms with Crippen LogP contribution >= 0.6 is 11.8 Å². The summed E-state index contributed by atoms with van der Waals surface area (Å²) in [4.78, 5) is 0.354. The SMILES string of the molecule is OCc1ccc(Sc2cccc(F)c2)c(C(F)(F)F)c1. The molecule has 0 heterocycles. The number of halogens is 4. The first-order chi connectivity index (χ1) is 9.40. The van der Waals surface area contributed by atoms with Gasteiger partial charge in [-0.15, -0.1) is 0 Å². The average molecular weight is 302 g/mol. The van der Waals surface area contributed by atoms with E-state index in [4.69, 9.17) is 5.11 Å². The van der Waals surface area contributed by atoms with Crippen molar-refractivity contribution >= 4 is 11.8 Å². The van der Waals surface area contributed by atoms with Crippen LogP contribution in [0.1, 0.15) is 11.1 Å². The minimum atomic E-state index is -4.53. The maximum atomic E-state index is 13.1. The van der Waals surface area contributed by atoms with Gasteiger partial charge >= 0.3 is 6.18 Å². The Morgan fingerprint density at radius 1 is 1.05 bits per heavy atom. The van der Waals surface area contributed by atoms with E-state index in [2.05, 4.69) is 0 Å². The first kappa shape index (κ1) is 14.9. The van der Waals surface area contributed by atoms with Gasteiger partial charge in [0.05, 0.1) is 12.2 Å². The van der Waals surface area contributed by atoms with Crippen LogP contribution in [0.4, 0.5) is 17.6 Å². The smallest absolute Gasteiger partial charge is 0.392 e. The van der Waals surface area contributed by atoms with Gasteiger partial charge in [-0.2, -0.15) is 13.2 Å². The predicted molar refractivity (Wildman–Crippen MR) is 67.9 cm³/mol. The van der Waals surface area contributed by atoms with E-state index in [1.165, 1.54) is 36.4 Å². The summed E-state index contributed by atoms with van der Waals surface area (Å²) in [5, 5.41) is 8.92. The molecular formula is C14H10F4OS. The molecule has 2 aromatic carbocycles. The topological polar surface area (TPSA) is 20.2 Å². The number of benzene rings is 2. The van der Waals surface area contributed by atoms with Gasteiger partial charge in [-0.1, -0.05) is 23.9 Å². The first-order valence-corrected chi connectivity index (χ1v) is 6.46. The lowest BCUT2D eigenvalue weighted by molar-refractivity contribution is -0.139. The minimum Gasteiger partial charge on any atom is -0.392 e. The summed E-state index contributed by atoms with van der Waals surface area (Å²) in [7, 11) is 0. The largest absolute Gasteiger partial charge is 0.417 e. The van der Waals surface area contributed by atoms with Crippen LogP contribution in [0.2, 0.25) is 0 Å². The van der Waals surface area contributed by atoms with Crippen LogP contribution in [0.15, 0.2) is 52.3 Å². The Kier molecular flexibility index (Phi) is 4.35. The van der Waals surface area contributed by atoms with E-state index in [0.717, 1.165) is 17.8 Å². The number of rotatable bonds is 3. The molecule has 0 spiro atoms. The molecule has 1 nitrogen and oxygen atoms in total.